The van der Waals surface area contributed by atoms with Crippen LogP contribution in [-0.4, -0.2) is 16.5 Å². The van der Waals surface area contributed by atoms with Crippen molar-refractivity contribution in [2.75, 3.05) is 7.11 Å². The van der Waals surface area contributed by atoms with E-state index in [-0.39, 0.29) is 0 Å². The number of aromatic nitrogens is 2. The van der Waals surface area contributed by atoms with Crippen LogP contribution in [-0.2, 0) is 0 Å². The Morgan fingerprint density at radius 3 is 2.67 bits per heavy atom. The average molecular weight is 294 g/mol. The number of hydrogen-bond donors (Lipinski definition) is 0. The maximum atomic E-state index is 5.20. The number of thiazole rings is 1. The van der Waals surface area contributed by atoms with Gasteiger partial charge in [0.05, 0.1) is 23.0 Å². The number of methoxy groups -OCH3 is 1. The fourth-order valence-electron chi connectivity index (χ4n) is 2.62. The van der Waals surface area contributed by atoms with Crippen LogP contribution in [0.25, 0.3) is 26.4 Å². The molecule has 104 valence electrons. The first-order chi connectivity index (χ1) is 10.3. The van der Waals surface area contributed by atoms with E-state index >= 15 is 0 Å². The quantitative estimate of drug-likeness (QED) is 0.543. The molecule has 0 atom stereocenters. The topological polar surface area (TPSA) is 26.5 Å². The standard InChI is InChI=1S/C17H14N2OS/c1-11-4-3-5-15-16(11)19-10-14(18-17(19)21-15)12-6-8-13(20-2)9-7-12/h3-10H,1-2H3. The minimum Gasteiger partial charge on any atom is -0.497 e. The third-order valence-corrected chi connectivity index (χ3v) is 4.72. The first-order valence-electron chi connectivity index (χ1n) is 6.78. The molecule has 21 heavy (non-hydrogen) atoms. The molecule has 0 aliphatic rings. The van der Waals surface area contributed by atoms with E-state index in [1.165, 1.54) is 15.8 Å². The van der Waals surface area contributed by atoms with Gasteiger partial charge in [-0.1, -0.05) is 23.5 Å². The number of nitrogens with zero attached hydrogens (tertiary/aromatic N) is 2. The van der Waals surface area contributed by atoms with Crippen molar-refractivity contribution in [2.45, 2.75) is 6.92 Å². The van der Waals surface area contributed by atoms with Gasteiger partial charge in [0.2, 0.25) is 0 Å². The Labute approximate surface area is 126 Å². The van der Waals surface area contributed by atoms with Crippen LogP contribution in [0, 0.1) is 6.92 Å². The van der Waals surface area contributed by atoms with E-state index in [0.717, 1.165) is 22.0 Å². The molecule has 4 aromatic rings. The van der Waals surface area contributed by atoms with Crippen LogP contribution in [0.3, 0.4) is 0 Å². The Morgan fingerprint density at radius 2 is 1.90 bits per heavy atom. The SMILES string of the molecule is COc1ccc(-c2cn3c(n2)sc2cccc(C)c23)cc1. The van der Waals surface area contributed by atoms with Crippen LogP contribution >= 0.6 is 11.3 Å². The largest absolute Gasteiger partial charge is 0.497 e. The van der Waals surface area contributed by atoms with Gasteiger partial charge < -0.3 is 4.74 Å². The molecule has 0 spiro atoms. The summed E-state index contributed by atoms with van der Waals surface area (Å²) >= 11 is 1.73. The Morgan fingerprint density at radius 1 is 1.10 bits per heavy atom. The second-order valence-corrected chi connectivity index (χ2v) is 6.04. The summed E-state index contributed by atoms with van der Waals surface area (Å²) in [7, 11) is 1.68. The summed E-state index contributed by atoms with van der Waals surface area (Å²) in [5.41, 5.74) is 4.63. The molecule has 4 heteroatoms. The van der Waals surface area contributed by atoms with Gasteiger partial charge in [0, 0.05) is 11.8 Å². The van der Waals surface area contributed by atoms with E-state index in [9.17, 15) is 0 Å². The molecule has 0 aliphatic carbocycles. The molecule has 0 unspecified atom stereocenters. The summed E-state index contributed by atoms with van der Waals surface area (Å²) < 4.78 is 8.66. The predicted octanol–water partition coefficient (Wildman–Crippen LogP) is 4.53. The molecule has 0 radical (unpaired) electrons. The molecule has 0 saturated heterocycles. The monoisotopic (exact) mass is 294 g/mol. The van der Waals surface area contributed by atoms with Crippen LogP contribution < -0.4 is 4.74 Å². The Hall–Kier alpha value is -2.33. The van der Waals surface area contributed by atoms with Crippen molar-refractivity contribution in [1.29, 1.82) is 0 Å². The van der Waals surface area contributed by atoms with Crippen molar-refractivity contribution < 1.29 is 4.74 Å². The van der Waals surface area contributed by atoms with Gasteiger partial charge in [0.15, 0.2) is 4.96 Å². The molecule has 3 nitrogen and oxygen atoms in total. The zero-order valence-corrected chi connectivity index (χ0v) is 12.6. The van der Waals surface area contributed by atoms with E-state index < -0.39 is 0 Å². The van der Waals surface area contributed by atoms with Crippen LogP contribution in [0.15, 0.2) is 48.7 Å². The van der Waals surface area contributed by atoms with E-state index in [0.29, 0.717) is 0 Å². The van der Waals surface area contributed by atoms with E-state index in [4.69, 9.17) is 9.72 Å². The maximum Gasteiger partial charge on any atom is 0.195 e. The van der Waals surface area contributed by atoms with Crippen molar-refractivity contribution >= 4 is 26.5 Å². The normalized spacial score (nSPS) is 11.3. The average Bonchev–Trinajstić information content (AvgIpc) is 3.05. The van der Waals surface area contributed by atoms with Crippen molar-refractivity contribution in [3.8, 4) is 17.0 Å². The minimum atomic E-state index is 0.862. The minimum absolute atomic E-state index is 0.862. The predicted molar refractivity (Wildman–Crippen MR) is 87.3 cm³/mol. The van der Waals surface area contributed by atoms with E-state index in [1.54, 1.807) is 18.4 Å². The molecular formula is C17H14N2OS. The van der Waals surface area contributed by atoms with Crippen LogP contribution in [0.1, 0.15) is 5.56 Å². The number of para-hydroxylation sites is 1. The van der Waals surface area contributed by atoms with Crippen LogP contribution in [0.5, 0.6) is 5.75 Å². The lowest BCUT2D eigenvalue weighted by Gasteiger charge is -2.00. The summed E-state index contributed by atoms with van der Waals surface area (Å²) in [5, 5.41) is 0. The molecule has 0 aliphatic heterocycles. The lowest BCUT2D eigenvalue weighted by Crippen LogP contribution is -1.83. The van der Waals surface area contributed by atoms with E-state index in [1.807, 2.05) is 24.3 Å². The summed E-state index contributed by atoms with van der Waals surface area (Å²) in [5.74, 6) is 0.862. The third kappa shape index (κ3) is 1.91. The van der Waals surface area contributed by atoms with Gasteiger partial charge in [0.1, 0.15) is 5.75 Å². The fourth-order valence-corrected chi connectivity index (χ4v) is 3.70. The van der Waals surface area contributed by atoms with Gasteiger partial charge in [-0.15, -0.1) is 0 Å². The smallest absolute Gasteiger partial charge is 0.195 e. The zero-order valence-electron chi connectivity index (χ0n) is 11.8. The molecule has 2 aromatic heterocycles. The second-order valence-electron chi connectivity index (χ2n) is 5.03. The molecule has 2 aromatic carbocycles. The maximum absolute atomic E-state index is 5.20. The highest BCUT2D eigenvalue weighted by molar-refractivity contribution is 7.23. The van der Waals surface area contributed by atoms with Gasteiger partial charge >= 0.3 is 0 Å². The summed E-state index contributed by atoms with van der Waals surface area (Å²) in [6.45, 7) is 2.14. The van der Waals surface area contributed by atoms with E-state index in [2.05, 4.69) is 35.7 Å². The molecular weight excluding hydrogens is 280 g/mol. The van der Waals surface area contributed by atoms with Crippen molar-refractivity contribution in [1.82, 2.24) is 9.38 Å². The second kappa shape index (κ2) is 4.60. The number of imidazole rings is 1. The summed E-state index contributed by atoms with van der Waals surface area (Å²) in [6, 6.07) is 14.4. The van der Waals surface area contributed by atoms with Gasteiger partial charge in [-0.3, -0.25) is 4.40 Å². The Bertz CT molecular complexity index is 935. The highest BCUT2D eigenvalue weighted by Gasteiger charge is 2.11. The number of rotatable bonds is 2. The Kier molecular flexibility index (Phi) is 2.72. The van der Waals surface area contributed by atoms with Crippen LogP contribution in [0.2, 0.25) is 0 Å². The number of hydrogen-bond acceptors (Lipinski definition) is 3. The third-order valence-electron chi connectivity index (χ3n) is 3.70. The van der Waals surface area contributed by atoms with Gasteiger partial charge in [-0.25, -0.2) is 4.98 Å². The van der Waals surface area contributed by atoms with Gasteiger partial charge in [-0.2, -0.15) is 0 Å². The molecule has 0 fully saturated rings. The highest BCUT2D eigenvalue weighted by atomic mass is 32.1. The number of fused-ring (bicyclic) bond motifs is 3. The van der Waals surface area contributed by atoms with Gasteiger partial charge in [-0.05, 0) is 42.8 Å². The summed E-state index contributed by atoms with van der Waals surface area (Å²) in [6.07, 6.45) is 2.11. The molecule has 4 rings (SSSR count). The fraction of sp³-hybridized carbons (Fsp3) is 0.118. The lowest BCUT2D eigenvalue weighted by atomic mass is 10.1. The zero-order chi connectivity index (χ0) is 14.4. The Balaban J connectivity index is 1.90. The first-order valence-corrected chi connectivity index (χ1v) is 7.59. The van der Waals surface area contributed by atoms with Crippen molar-refractivity contribution in [3.05, 3.63) is 54.2 Å². The first kappa shape index (κ1) is 12.4. The molecule has 0 amide bonds. The molecule has 2 heterocycles. The lowest BCUT2D eigenvalue weighted by molar-refractivity contribution is 0.415. The number of ether oxygens (including phenoxy) is 1. The van der Waals surface area contributed by atoms with Crippen molar-refractivity contribution in [3.63, 3.8) is 0 Å². The van der Waals surface area contributed by atoms with Crippen molar-refractivity contribution in [2.24, 2.45) is 0 Å². The van der Waals surface area contributed by atoms with Crippen LogP contribution in [0.4, 0.5) is 0 Å². The molecule has 0 bridgehead atoms. The molecule has 0 N–H and O–H groups in total. The number of aryl methyl sites for hydroxylation is 1. The van der Waals surface area contributed by atoms with Gasteiger partial charge in [0.25, 0.3) is 0 Å². The summed E-state index contributed by atoms with van der Waals surface area (Å²) in [4.78, 5) is 5.79. The molecule has 0 saturated carbocycles. The highest BCUT2D eigenvalue weighted by Crippen LogP contribution is 2.31. The number of benzene rings is 2.